The Labute approximate surface area is 188 Å². The maximum atomic E-state index is 13.2. The van der Waals surface area contributed by atoms with Gasteiger partial charge in [-0.3, -0.25) is 19.2 Å². The number of hydrogen-bond donors (Lipinski definition) is 3. The van der Waals surface area contributed by atoms with Crippen LogP contribution in [0.25, 0.3) is 0 Å². The van der Waals surface area contributed by atoms with E-state index >= 15 is 0 Å². The maximum Gasteiger partial charge on any atom is 0.251 e. The molecule has 3 amide bonds. The van der Waals surface area contributed by atoms with Crippen molar-refractivity contribution in [1.82, 2.24) is 16.0 Å². The molecule has 3 atom stereocenters. The smallest absolute Gasteiger partial charge is 0.251 e. The van der Waals surface area contributed by atoms with E-state index in [-0.39, 0.29) is 28.6 Å². The molecule has 0 radical (unpaired) electrons. The van der Waals surface area contributed by atoms with Gasteiger partial charge in [0.15, 0.2) is 5.78 Å². The summed E-state index contributed by atoms with van der Waals surface area (Å²) in [6.07, 6.45) is 4.33. The standard InChI is InChI=1S/C24H32FN3O4/c1-15(29)5-10-19(13-17-11-12-26-21(17)30)27-23(32)20(14-24(2,3)4)28-22(31)16-6-8-18(25)9-7-16/h5-10,17,19-20H,11-14H2,1-4H3,(H,26,30)(H,27,32)(H,28,31)/b10-5+/t17-,19+,20-/m0/s1. The van der Waals surface area contributed by atoms with Gasteiger partial charge in [-0.25, -0.2) is 4.39 Å². The Balaban J connectivity index is 2.17. The van der Waals surface area contributed by atoms with Gasteiger partial charge in [0, 0.05) is 24.1 Å². The summed E-state index contributed by atoms with van der Waals surface area (Å²) < 4.78 is 13.2. The van der Waals surface area contributed by atoms with E-state index in [2.05, 4.69) is 16.0 Å². The van der Waals surface area contributed by atoms with E-state index in [1.165, 1.54) is 37.3 Å². The lowest BCUT2D eigenvalue weighted by Crippen LogP contribution is -2.51. The van der Waals surface area contributed by atoms with Crippen LogP contribution >= 0.6 is 0 Å². The van der Waals surface area contributed by atoms with E-state index in [9.17, 15) is 23.6 Å². The van der Waals surface area contributed by atoms with Gasteiger partial charge in [0.2, 0.25) is 11.8 Å². The van der Waals surface area contributed by atoms with Crippen LogP contribution in [-0.2, 0) is 14.4 Å². The largest absolute Gasteiger partial charge is 0.356 e. The van der Waals surface area contributed by atoms with Crippen LogP contribution in [-0.4, -0.2) is 42.1 Å². The molecule has 0 spiro atoms. The zero-order valence-electron chi connectivity index (χ0n) is 19.0. The summed E-state index contributed by atoms with van der Waals surface area (Å²) in [4.78, 5) is 49.2. The number of halogens is 1. The van der Waals surface area contributed by atoms with Crippen molar-refractivity contribution >= 4 is 23.5 Å². The predicted octanol–water partition coefficient (Wildman–Crippen LogP) is 2.52. The highest BCUT2D eigenvalue weighted by molar-refractivity contribution is 5.97. The Morgan fingerprint density at radius 2 is 1.84 bits per heavy atom. The lowest BCUT2D eigenvalue weighted by atomic mass is 9.87. The molecule has 1 fully saturated rings. The summed E-state index contributed by atoms with van der Waals surface area (Å²) in [6, 6.07) is 3.69. The molecule has 1 aromatic rings. The molecule has 1 heterocycles. The summed E-state index contributed by atoms with van der Waals surface area (Å²) in [5, 5.41) is 8.38. The van der Waals surface area contributed by atoms with E-state index in [1.54, 1.807) is 6.08 Å². The van der Waals surface area contributed by atoms with Crippen LogP contribution in [0.4, 0.5) is 4.39 Å². The van der Waals surface area contributed by atoms with Crippen LogP contribution < -0.4 is 16.0 Å². The molecule has 0 unspecified atom stereocenters. The summed E-state index contributed by atoms with van der Waals surface area (Å²) in [5.74, 6) is -1.85. The topological polar surface area (TPSA) is 104 Å². The molecular weight excluding hydrogens is 413 g/mol. The van der Waals surface area contributed by atoms with Gasteiger partial charge >= 0.3 is 0 Å². The number of rotatable bonds is 9. The van der Waals surface area contributed by atoms with E-state index in [0.29, 0.717) is 25.8 Å². The molecule has 7 nitrogen and oxygen atoms in total. The molecule has 174 valence electrons. The zero-order chi connectivity index (χ0) is 23.9. The van der Waals surface area contributed by atoms with Crippen LogP contribution in [0.15, 0.2) is 36.4 Å². The lowest BCUT2D eigenvalue weighted by molar-refractivity contribution is -0.125. The average Bonchev–Trinajstić information content (AvgIpc) is 3.09. The van der Waals surface area contributed by atoms with Gasteiger partial charge in [-0.2, -0.15) is 0 Å². The molecule has 0 saturated carbocycles. The Kier molecular flexibility index (Phi) is 8.69. The fourth-order valence-corrected chi connectivity index (χ4v) is 3.56. The Hall–Kier alpha value is -3.03. The van der Waals surface area contributed by atoms with Crippen molar-refractivity contribution in [1.29, 1.82) is 0 Å². The number of carbonyl (C=O) groups is 4. The van der Waals surface area contributed by atoms with Crippen LogP contribution in [0.5, 0.6) is 0 Å². The summed E-state index contributed by atoms with van der Waals surface area (Å²) in [6.45, 7) is 7.85. The van der Waals surface area contributed by atoms with Crippen LogP contribution in [0.1, 0.15) is 57.3 Å². The van der Waals surface area contributed by atoms with Crippen LogP contribution in [0.2, 0.25) is 0 Å². The van der Waals surface area contributed by atoms with Crippen LogP contribution in [0.3, 0.4) is 0 Å². The molecule has 1 aromatic carbocycles. The fourth-order valence-electron chi connectivity index (χ4n) is 3.56. The van der Waals surface area contributed by atoms with Crippen molar-refractivity contribution in [2.45, 2.75) is 59.0 Å². The summed E-state index contributed by atoms with van der Waals surface area (Å²) in [5.41, 5.74) is -0.0255. The Morgan fingerprint density at radius 1 is 1.19 bits per heavy atom. The molecule has 3 N–H and O–H groups in total. The predicted molar refractivity (Wildman–Crippen MR) is 119 cm³/mol. The molecule has 8 heteroatoms. The molecule has 2 rings (SSSR count). The Morgan fingerprint density at radius 3 is 2.38 bits per heavy atom. The number of ketones is 1. The second-order valence-electron chi connectivity index (χ2n) is 9.39. The highest BCUT2D eigenvalue weighted by atomic mass is 19.1. The van der Waals surface area contributed by atoms with Gasteiger partial charge in [-0.1, -0.05) is 26.8 Å². The molecule has 0 aliphatic carbocycles. The normalized spacial score (nSPS) is 18.2. The van der Waals surface area contributed by atoms with E-state index < -0.39 is 29.7 Å². The van der Waals surface area contributed by atoms with Crippen molar-refractivity contribution in [3.63, 3.8) is 0 Å². The minimum absolute atomic E-state index is 0.0728. The summed E-state index contributed by atoms with van der Waals surface area (Å²) in [7, 11) is 0. The number of hydrogen-bond acceptors (Lipinski definition) is 4. The lowest BCUT2D eigenvalue weighted by Gasteiger charge is -2.28. The zero-order valence-corrected chi connectivity index (χ0v) is 19.0. The first-order valence-corrected chi connectivity index (χ1v) is 10.8. The first-order chi connectivity index (χ1) is 14.9. The first kappa shape index (κ1) is 25.2. The van der Waals surface area contributed by atoms with Crippen LogP contribution in [0, 0.1) is 17.2 Å². The molecule has 1 aliphatic heterocycles. The third-order valence-electron chi connectivity index (χ3n) is 5.14. The maximum absolute atomic E-state index is 13.2. The molecule has 1 aliphatic rings. The van der Waals surface area contributed by atoms with Gasteiger partial charge in [-0.05, 0) is 61.9 Å². The number of nitrogens with one attached hydrogen (secondary N) is 3. The third kappa shape index (κ3) is 8.24. The van der Waals surface area contributed by atoms with Crippen molar-refractivity contribution in [3.05, 3.63) is 47.8 Å². The SMILES string of the molecule is CC(=O)/C=C/[C@H](C[C@@H]1CCNC1=O)NC(=O)[C@H](CC(C)(C)C)NC(=O)c1ccc(F)cc1. The second-order valence-corrected chi connectivity index (χ2v) is 9.39. The molecular formula is C24H32FN3O4. The first-order valence-electron chi connectivity index (χ1n) is 10.8. The molecule has 1 saturated heterocycles. The van der Waals surface area contributed by atoms with Gasteiger partial charge < -0.3 is 16.0 Å². The molecule has 0 aromatic heterocycles. The number of carbonyl (C=O) groups excluding carboxylic acids is 4. The average molecular weight is 446 g/mol. The molecule has 0 bridgehead atoms. The van der Waals surface area contributed by atoms with E-state index in [4.69, 9.17) is 0 Å². The minimum atomic E-state index is -0.849. The van der Waals surface area contributed by atoms with Gasteiger partial charge in [-0.15, -0.1) is 0 Å². The highest BCUT2D eigenvalue weighted by Gasteiger charge is 2.31. The Bertz CT molecular complexity index is 874. The number of benzene rings is 1. The van der Waals surface area contributed by atoms with Crippen molar-refractivity contribution < 1.29 is 23.6 Å². The van der Waals surface area contributed by atoms with Crippen molar-refractivity contribution in [2.24, 2.45) is 11.3 Å². The third-order valence-corrected chi connectivity index (χ3v) is 5.14. The van der Waals surface area contributed by atoms with Gasteiger partial charge in [0.25, 0.3) is 5.91 Å². The van der Waals surface area contributed by atoms with Crippen molar-refractivity contribution in [3.8, 4) is 0 Å². The van der Waals surface area contributed by atoms with E-state index in [0.717, 1.165) is 0 Å². The fraction of sp³-hybridized carbons (Fsp3) is 0.500. The van der Waals surface area contributed by atoms with Gasteiger partial charge in [0.05, 0.1) is 0 Å². The van der Waals surface area contributed by atoms with Crippen molar-refractivity contribution in [2.75, 3.05) is 6.54 Å². The monoisotopic (exact) mass is 445 g/mol. The van der Waals surface area contributed by atoms with E-state index in [1.807, 2.05) is 20.8 Å². The molecule has 32 heavy (non-hydrogen) atoms. The highest BCUT2D eigenvalue weighted by Crippen LogP contribution is 2.22. The van der Waals surface area contributed by atoms with Gasteiger partial charge in [0.1, 0.15) is 11.9 Å². The second kappa shape index (κ2) is 11.0. The number of amides is 3. The quantitative estimate of drug-likeness (QED) is 0.508. The minimum Gasteiger partial charge on any atom is -0.356 e. The summed E-state index contributed by atoms with van der Waals surface area (Å²) >= 11 is 0. The number of allylic oxidation sites excluding steroid dienone is 1.